The number of amides is 2. The number of nitrogens with one attached hydrogen (secondary N) is 2. The van der Waals surface area contributed by atoms with E-state index in [4.69, 9.17) is 22.3 Å². The van der Waals surface area contributed by atoms with E-state index >= 15 is 0 Å². The summed E-state index contributed by atoms with van der Waals surface area (Å²) in [4.78, 5) is 34.0. The van der Waals surface area contributed by atoms with Gasteiger partial charge in [0, 0.05) is 12.0 Å². The second-order valence-electron chi connectivity index (χ2n) is 4.66. The largest absolute Gasteiger partial charge is 0.410 e. The van der Waals surface area contributed by atoms with Crippen molar-refractivity contribution >= 4 is 47.2 Å². The standard InChI is InChI=1S/C12H12ClN5O4S/c1-2-6-3-18-10(21)7(11(18)23-4-6)15-9(20)8(16-22)12(13,5-19)17-14/h2-3,5,7,11,14,22H,1,4H2,(H,15,20)/b16-8+,17-14?. The Kier molecular flexibility index (Phi) is 4.85. The third-order valence-corrected chi connectivity index (χ3v) is 5.01. The van der Waals surface area contributed by atoms with Crippen LogP contribution >= 0.6 is 23.4 Å². The van der Waals surface area contributed by atoms with Gasteiger partial charge in [-0.1, -0.05) is 29.4 Å². The summed E-state index contributed by atoms with van der Waals surface area (Å²) in [6, 6.07) is -0.856. The van der Waals surface area contributed by atoms with E-state index in [1.54, 1.807) is 12.3 Å². The van der Waals surface area contributed by atoms with Crippen LogP contribution in [0.15, 0.2) is 34.7 Å². The van der Waals surface area contributed by atoms with Gasteiger partial charge in [0.1, 0.15) is 11.4 Å². The molecule has 23 heavy (non-hydrogen) atoms. The van der Waals surface area contributed by atoms with Gasteiger partial charge in [-0.3, -0.25) is 14.4 Å². The lowest BCUT2D eigenvalue weighted by molar-refractivity contribution is -0.143. The van der Waals surface area contributed by atoms with Gasteiger partial charge in [-0.05, 0) is 5.57 Å². The van der Waals surface area contributed by atoms with Crippen LogP contribution in [0.2, 0.25) is 0 Å². The lowest BCUT2D eigenvalue weighted by Crippen LogP contribution is -2.69. The number of halogens is 1. The average Bonchev–Trinajstić information content (AvgIpc) is 2.59. The maximum atomic E-state index is 12.1. The van der Waals surface area contributed by atoms with E-state index in [1.807, 2.05) is 0 Å². The summed E-state index contributed by atoms with van der Waals surface area (Å²) >= 11 is 7.05. The van der Waals surface area contributed by atoms with Gasteiger partial charge in [0.15, 0.2) is 12.0 Å². The molecule has 0 aromatic rings. The molecule has 2 heterocycles. The fourth-order valence-corrected chi connectivity index (χ4v) is 3.44. The molecule has 122 valence electrons. The number of thioether (sulfide) groups is 1. The first-order valence-electron chi connectivity index (χ1n) is 6.26. The molecule has 9 nitrogen and oxygen atoms in total. The summed E-state index contributed by atoms with van der Waals surface area (Å²) in [7, 11) is 0. The first-order valence-corrected chi connectivity index (χ1v) is 7.68. The van der Waals surface area contributed by atoms with Crippen molar-refractivity contribution in [3.05, 3.63) is 24.4 Å². The Morgan fingerprint density at radius 3 is 2.91 bits per heavy atom. The summed E-state index contributed by atoms with van der Waals surface area (Å²) in [6.07, 6.45) is 3.27. The zero-order valence-corrected chi connectivity index (χ0v) is 13.2. The Morgan fingerprint density at radius 1 is 1.70 bits per heavy atom. The SMILES string of the molecule is C=CC1=CN2C(=O)C(NC(=O)/C(=N\O)C(Cl)(C=O)N=N)C2SC1. The van der Waals surface area contributed by atoms with E-state index in [-0.39, 0.29) is 17.6 Å². The van der Waals surface area contributed by atoms with Crippen LogP contribution in [-0.2, 0) is 14.4 Å². The maximum Gasteiger partial charge on any atom is 0.274 e. The van der Waals surface area contributed by atoms with E-state index in [0.29, 0.717) is 5.75 Å². The van der Waals surface area contributed by atoms with Crippen molar-refractivity contribution in [2.75, 3.05) is 5.75 Å². The Labute approximate surface area is 139 Å². The van der Waals surface area contributed by atoms with Crippen LogP contribution in [0.1, 0.15) is 0 Å². The molecule has 2 amide bonds. The zero-order chi connectivity index (χ0) is 17.2. The van der Waals surface area contributed by atoms with E-state index in [0.717, 1.165) is 5.57 Å². The summed E-state index contributed by atoms with van der Waals surface area (Å²) < 4.78 is 0. The number of rotatable bonds is 6. The van der Waals surface area contributed by atoms with Gasteiger partial charge in [-0.25, -0.2) is 5.53 Å². The topological polar surface area (TPSA) is 135 Å². The normalized spacial score (nSPS) is 26.1. The summed E-state index contributed by atoms with van der Waals surface area (Å²) in [6.45, 7) is 3.63. The smallest absolute Gasteiger partial charge is 0.274 e. The van der Waals surface area contributed by atoms with E-state index < -0.39 is 22.7 Å². The number of hydrogen-bond acceptors (Lipinski definition) is 8. The molecule has 3 atom stereocenters. The molecule has 0 aromatic heterocycles. The number of alkyl halides is 1. The van der Waals surface area contributed by atoms with Crippen molar-refractivity contribution < 1.29 is 19.6 Å². The van der Waals surface area contributed by atoms with Crippen LogP contribution in [0.5, 0.6) is 0 Å². The van der Waals surface area contributed by atoms with Crippen molar-refractivity contribution in [3.63, 3.8) is 0 Å². The fraction of sp³-hybridized carbons (Fsp3) is 0.333. The highest BCUT2D eigenvalue weighted by Gasteiger charge is 2.50. The van der Waals surface area contributed by atoms with E-state index in [2.05, 4.69) is 22.2 Å². The van der Waals surface area contributed by atoms with Gasteiger partial charge in [0.05, 0.1) is 0 Å². The van der Waals surface area contributed by atoms with Crippen molar-refractivity contribution in [1.29, 1.82) is 5.53 Å². The monoisotopic (exact) mass is 357 g/mol. The van der Waals surface area contributed by atoms with E-state index in [1.165, 1.54) is 16.7 Å². The molecular weight excluding hydrogens is 346 g/mol. The van der Waals surface area contributed by atoms with Gasteiger partial charge in [-0.2, -0.15) is 5.11 Å². The van der Waals surface area contributed by atoms with E-state index in [9.17, 15) is 14.4 Å². The summed E-state index contributed by atoms with van der Waals surface area (Å²) in [5, 5.41) is 16.3. The number of carbonyl (C=O) groups is 3. The van der Waals surface area contributed by atoms with Crippen molar-refractivity contribution in [3.8, 4) is 0 Å². The van der Waals surface area contributed by atoms with Crippen LogP contribution in [0.4, 0.5) is 0 Å². The highest BCUT2D eigenvalue weighted by Crippen LogP contribution is 2.36. The number of allylic oxidation sites excluding steroid dienone is 1. The molecule has 2 aliphatic heterocycles. The molecule has 1 fully saturated rings. The molecule has 3 unspecified atom stereocenters. The highest BCUT2D eigenvalue weighted by atomic mass is 35.5. The zero-order valence-electron chi connectivity index (χ0n) is 11.6. The number of β-lactam (4-membered cyclic amide) rings is 1. The summed E-state index contributed by atoms with van der Waals surface area (Å²) in [5.74, 6) is -0.787. The maximum absolute atomic E-state index is 12.1. The molecule has 11 heteroatoms. The molecular formula is C12H12ClN5O4S. The number of carbonyl (C=O) groups excluding carboxylic acids is 3. The number of fused-ring (bicyclic) bond motifs is 1. The third kappa shape index (κ3) is 2.86. The van der Waals surface area contributed by atoms with Crippen molar-refractivity contribution in [1.82, 2.24) is 10.2 Å². The number of aldehydes is 1. The first kappa shape index (κ1) is 17.2. The molecule has 2 rings (SSSR count). The number of nitrogens with zero attached hydrogens (tertiary/aromatic N) is 3. The van der Waals surface area contributed by atoms with Gasteiger partial charge >= 0.3 is 0 Å². The van der Waals surface area contributed by atoms with Crippen LogP contribution in [0.25, 0.3) is 0 Å². The second-order valence-corrected chi connectivity index (χ2v) is 6.34. The summed E-state index contributed by atoms with van der Waals surface area (Å²) in [5.41, 5.74) is 6.86. The molecule has 0 spiro atoms. The molecule has 3 N–H and O–H groups in total. The minimum Gasteiger partial charge on any atom is -0.410 e. The van der Waals surface area contributed by atoms with Crippen LogP contribution < -0.4 is 5.32 Å². The Bertz CT molecular complexity index is 641. The molecule has 0 saturated carbocycles. The van der Waals surface area contributed by atoms with Crippen LogP contribution in [-0.4, -0.2) is 56.1 Å². The Hall–Kier alpha value is -2.20. The number of oxime groups is 1. The lowest BCUT2D eigenvalue weighted by atomic mass is 10.1. The predicted octanol–water partition coefficient (Wildman–Crippen LogP) is 0.451. The van der Waals surface area contributed by atoms with Gasteiger partial charge in [0.2, 0.25) is 0 Å². The Balaban J connectivity index is 2.12. The second kappa shape index (κ2) is 6.50. The number of hydrogen-bond donors (Lipinski definition) is 3. The Morgan fingerprint density at radius 2 is 2.39 bits per heavy atom. The van der Waals surface area contributed by atoms with Gasteiger partial charge in [-0.15, -0.1) is 11.8 Å². The van der Waals surface area contributed by atoms with Crippen molar-refractivity contribution in [2.24, 2.45) is 10.3 Å². The quantitative estimate of drug-likeness (QED) is 0.0926. The highest BCUT2D eigenvalue weighted by molar-refractivity contribution is 8.00. The van der Waals surface area contributed by atoms with Crippen molar-refractivity contribution in [2.45, 2.75) is 16.4 Å². The van der Waals surface area contributed by atoms with Crippen LogP contribution in [0, 0.1) is 5.53 Å². The molecule has 0 aliphatic carbocycles. The molecule has 1 saturated heterocycles. The molecule has 0 aromatic carbocycles. The fourth-order valence-electron chi connectivity index (χ4n) is 2.06. The molecule has 0 bridgehead atoms. The molecule has 2 aliphatic rings. The predicted molar refractivity (Wildman–Crippen MR) is 82.3 cm³/mol. The average molecular weight is 358 g/mol. The third-order valence-electron chi connectivity index (χ3n) is 3.32. The molecule has 0 radical (unpaired) electrons. The minimum atomic E-state index is -2.43. The lowest BCUT2D eigenvalue weighted by Gasteiger charge is -2.47. The van der Waals surface area contributed by atoms with Crippen LogP contribution in [0.3, 0.4) is 0 Å². The first-order chi connectivity index (χ1) is 10.9. The van der Waals surface area contributed by atoms with Gasteiger partial charge in [0.25, 0.3) is 16.8 Å². The minimum absolute atomic E-state index is 0.0143. The van der Waals surface area contributed by atoms with Gasteiger partial charge < -0.3 is 15.4 Å².